The van der Waals surface area contributed by atoms with E-state index in [0.29, 0.717) is 10.7 Å². The molecule has 1 aromatic rings. The molecule has 1 aromatic carbocycles. The Morgan fingerprint density at radius 3 is 2.33 bits per heavy atom. The van der Waals surface area contributed by atoms with E-state index in [9.17, 15) is 8.42 Å². The van der Waals surface area contributed by atoms with Crippen LogP contribution in [0.4, 0.5) is 0 Å². The van der Waals surface area contributed by atoms with Gasteiger partial charge in [-0.3, -0.25) is 0 Å². The summed E-state index contributed by atoms with van der Waals surface area (Å²) in [5.74, 6) is 0.456. The summed E-state index contributed by atoms with van der Waals surface area (Å²) in [6.07, 6.45) is 2.04. The minimum absolute atomic E-state index is 0.0143. The number of nitrogens with one attached hydrogen (secondary N) is 1. The molecule has 0 heterocycles. The molecule has 21 heavy (non-hydrogen) atoms. The van der Waals surface area contributed by atoms with Gasteiger partial charge in [-0.05, 0) is 51.7 Å². The lowest BCUT2D eigenvalue weighted by atomic mass is 10.0. The fourth-order valence-electron chi connectivity index (χ4n) is 1.82. The number of hydrazone groups is 1. The van der Waals surface area contributed by atoms with Crippen molar-refractivity contribution in [1.29, 1.82) is 0 Å². The largest absolute Gasteiger partial charge is 0.386 e. The fourth-order valence-corrected chi connectivity index (χ4v) is 2.45. The zero-order valence-corrected chi connectivity index (χ0v) is 13.8. The number of hydrogen-bond acceptors (Lipinski definition) is 5. The Hall–Kier alpha value is -1.60. The lowest BCUT2D eigenvalue weighted by Gasteiger charge is -2.20. The molecular weight excluding hydrogens is 288 g/mol. The predicted molar refractivity (Wildman–Crippen MR) is 85.9 cm³/mol. The van der Waals surface area contributed by atoms with Crippen molar-refractivity contribution in [1.82, 2.24) is 10.3 Å². The quantitative estimate of drug-likeness (QED) is 0.445. The molecule has 1 unspecified atom stereocenters. The second-order valence-corrected chi connectivity index (χ2v) is 7.38. The van der Waals surface area contributed by atoms with Gasteiger partial charge in [0.15, 0.2) is 9.84 Å². The van der Waals surface area contributed by atoms with E-state index in [-0.39, 0.29) is 6.04 Å². The van der Waals surface area contributed by atoms with Crippen LogP contribution < -0.4 is 11.2 Å². The van der Waals surface area contributed by atoms with Crippen LogP contribution in [0, 0.1) is 0 Å². The van der Waals surface area contributed by atoms with Crippen LogP contribution in [0.15, 0.2) is 34.3 Å². The van der Waals surface area contributed by atoms with E-state index < -0.39 is 9.84 Å². The third kappa shape index (κ3) is 6.14. The molecule has 0 aliphatic rings. The van der Waals surface area contributed by atoms with Gasteiger partial charge in [-0.15, -0.1) is 0 Å². The number of hydrogen-bond donors (Lipinski definition) is 2. The maximum absolute atomic E-state index is 11.5. The van der Waals surface area contributed by atoms with Crippen LogP contribution in [-0.2, 0) is 9.84 Å². The van der Waals surface area contributed by atoms with Gasteiger partial charge in [-0.1, -0.05) is 12.1 Å². The SMILES string of the molecule is C/C(N)=N/NC(CCN(C)C)c1ccc(S(C)(=O)=O)cc1. The summed E-state index contributed by atoms with van der Waals surface area (Å²) in [5.41, 5.74) is 9.57. The van der Waals surface area contributed by atoms with Crippen molar-refractivity contribution in [2.24, 2.45) is 10.8 Å². The van der Waals surface area contributed by atoms with Crippen LogP contribution in [0.5, 0.6) is 0 Å². The molecule has 1 rings (SSSR count). The van der Waals surface area contributed by atoms with Gasteiger partial charge in [0.2, 0.25) is 0 Å². The number of rotatable bonds is 7. The van der Waals surface area contributed by atoms with Gasteiger partial charge < -0.3 is 16.1 Å². The van der Waals surface area contributed by atoms with Gasteiger partial charge in [-0.25, -0.2) is 8.42 Å². The topological polar surface area (TPSA) is 87.8 Å². The fraction of sp³-hybridized carbons (Fsp3) is 0.500. The Bertz CT molecular complexity index is 575. The van der Waals surface area contributed by atoms with Crippen LogP contribution in [0.1, 0.15) is 24.9 Å². The van der Waals surface area contributed by atoms with E-state index in [1.807, 2.05) is 26.2 Å². The van der Waals surface area contributed by atoms with Gasteiger partial charge in [0.25, 0.3) is 0 Å². The number of nitrogens with two attached hydrogens (primary N) is 1. The highest BCUT2D eigenvalue weighted by atomic mass is 32.2. The normalized spacial score (nSPS) is 14.2. The molecular formula is C14H24N4O2S. The van der Waals surface area contributed by atoms with Crippen LogP contribution in [-0.4, -0.2) is 46.0 Å². The highest BCUT2D eigenvalue weighted by molar-refractivity contribution is 7.90. The van der Waals surface area contributed by atoms with Crippen LogP contribution in [0.3, 0.4) is 0 Å². The molecule has 0 bridgehead atoms. The van der Waals surface area contributed by atoms with E-state index >= 15 is 0 Å². The summed E-state index contributed by atoms with van der Waals surface area (Å²) in [6.45, 7) is 2.59. The first-order chi connectivity index (χ1) is 9.70. The van der Waals surface area contributed by atoms with Crippen LogP contribution in [0.25, 0.3) is 0 Å². The van der Waals surface area contributed by atoms with Gasteiger partial charge in [0, 0.05) is 6.26 Å². The molecule has 6 nitrogen and oxygen atoms in total. The molecule has 118 valence electrons. The summed E-state index contributed by atoms with van der Waals surface area (Å²) >= 11 is 0. The monoisotopic (exact) mass is 312 g/mol. The summed E-state index contributed by atoms with van der Waals surface area (Å²) in [6, 6.07) is 6.84. The van der Waals surface area contributed by atoms with Crippen molar-refractivity contribution in [3.05, 3.63) is 29.8 Å². The van der Waals surface area contributed by atoms with Crippen molar-refractivity contribution in [3.8, 4) is 0 Å². The minimum atomic E-state index is -3.17. The first-order valence-electron chi connectivity index (χ1n) is 6.70. The molecule has 0 saturated heterocycles. The van der Waals surface area contributed by atoms with Gasteiger partial charge >= 0.3 is 0 Å². The van der Waals surface area contributed by atoms with Crippen molar-refractivity contribution in [2.75, 3.05) is 26.9 Å². The standard InChI is InChI=1S/C14H24N4O2S/c1-11(15)16-17-14(9-10-18(2)3)12-5-7-13(8-6-12)21(4,19)20/h5-8,14,17H,9-10H2,1-4H3,(H2,15,16). The van der Waals surface area contributed by atoms with Gasteiger partial charge in [0.1, 0.15) is 5.84 Å². The van der Waals surface area contributed by atoms with Gasteiger partial charge in [0.05, 0.1) is 10.9 Å². The third-order valence-corrected chi connectivity index (χ3v) is 4.10. The lowest BCUT2D eigenvalue weighted by molar-refractivity contribution is 0.363. The van der Waals surface area contributed by atoms with E-state index in [1.54, 1.807) is 19.1 Å². The summed E-state index contributed by atoms with van der Waals surface area (Å²) in [7, 11) is 0.830. The highest BCUT2D eigenvalue weighted by Crippen LogP contribution is 2.19. The summed E-state index contributed by atoms with van der Waals surface area (Å²) in [4.78, 5) is 2.40. The Kier molecular flexibility index (Phi) is 6.17. The Morgan fingerprint density at radius 2 is 1.90 bits per heavy atom. The van der Waals surface area contributed by atoms with Crippen LogP contribution >= 0.6 is 0 Å². The maximum Gasteiger partial charge on any atom is 0.175 e. The van der Waals surface area contributed by atoms with Crippen molar-refractivity contribution in [2.45, 2.75) is 24.3 Å². The smallest absolute Gasteiger partial charge is 0.175 e. The Labute approximate surface area is 126 Å². The van der Waals surface area contributed by atoms with E-state index in [1.165, 1.54) is 6.26 Å². The average Bonchev–Trinajstić information content (AvgIpc) is 2.37. The van der Waals surface area contributed by atoms with E-state index in [0.717, 1.165) is 18.5 Å². The molecule has 7 heteroatoms. The number of nitrogens with zero attached hydrogens (tertiary/aromatic N) is 2. The molecule has 0 saturated carbocycles. The van der Waals surface area contributed by atoms with Crippen LogP contribution in [0.2, 0.25) is 0 Å². The molecule has 3 N–H and O–H groups in total. The zero-order valence-electron chi connectivity index (χ0n) is 13.0. The van der Waals surface area contributed by atoms with Crippen molar-refractivity contribution in [3.63, 3.8) is 0 Å². The Morgan fingerprint density at radius 1 is 1.33 bits per heavy atom. The maximum atomic E-state index is 11.5. The van der Waals surface area contributed by atoms with E-state index in [2.05, 4.69) is 15.4 Å². The molecule has 0 aliphatic carbocycles. The molecule has 0 aliphatic heterocycles. The second-order valence-electron chi connectivity index (χ2n) is 5.37. The molecule has 0 amide bonds. The van der Waals surface area contributed by atoms with Gasteiger partial charge in [-0.2, -0.15) is 5.10 Å². The van der Waals surface area contributed by atoms with E-state index in [4.69, 9.17) is 5.73 Å². The Balaban J connectivity index is 2.93. The minimum Gasteiger partial charge on any atom is -0.386 e. The third-order valence-electron chi connectivity index (χ3n) is 2.97. The first kappa shape index (κ1) is 17.5. The highest BCUT2D eigenvalue weighted by Gasteiger charge is 2.13. The second kappa shape index (κ2) is 7.42. The predicted octanol–water partition coefficient (Wildman–Crippen LogP) is 0.965. The number of benzene rings is 1. The molecule has 0 fully saturated rings. The number of sulfone groups is 1. The number of amidine groups is 1. The molecule has 0 radical (unpaired) electrons. The summed E-state index contributed by atoms with van der Waals surface area (Å²) in [5, 5.41) is 4.06. The average molecular weight is 312 g/mol. The van der Waals surface area contributed by atoms with Crippen molar-refractivity contribution < 1.29 is 8.42 Å². The van der Waals surface area contributed by atoms with Crippen molar-refractivity contribution >= 4 is 15.7 Å². The zero-order chi connectivity index (χ0) is 16.0. The first-order valence-corrected chi connectivity index (χ1v) is 8.59. The molecule has 1 atom stereocenters. The molecule has 0 spiro atoms. The molecule has 0 aromatic heterocycles. The lowest BCUT2D eigenvalue weighted by Crippen LogP contribution is -2.24. The summed E-state index contributed by atoms with van der Waals surface area (Å²) < 4.78 is 23.0.